The molecular formula is C23H20FN5S. The van der Waals surface area contributed by atoms with Crippen LogP contribution >= 0.6 is 11.8 Å². The predicted octanol–water partition coefficient (Wildman–Crippen LogP) is 4.72. The number of benzene rings is 2. The molecule has 4 aromatic rings. The van der Waals surface area contributed by atoms with Crippen molar-refractivity contribution in [3.8, 4) is 0 Å². The van der Waals surface area contributed by atoms with Gasteiger partial charge in [0, 0.05) is 23.3 Å². The van der Waals surface area contributed by atoms with Crippen LogP contribution in [-0.2, 0) is 7.05 Å². The number of pyridine rings is 1. The first-order valence-electron chi connectivity index (χ1n) is 9.61. The van der Waals surface area contributed by atoms with Gasteiger partial charge in [-0.1, -0.05) is 30.0 Å². The van der Waals surface area contributed by atoms with Gasteiger partial charge in [0.15, 0.2) is 5.50 Å². The van der Waals surface area contributed by atoms with Crippen molar-refractivity contribution < 1.29 is 4.39 Å². The molecular weight excluding hydrogens is 397 g/mol. The number of hydrazone groups is 1. The Morgan fingerprint density at radius 3 is 2.80 bits per heavy atom. The van der Waals surface area contributed by atoms with Crippen molar-refractivity contribution in [1.82, 2.24) is 20.3 Å². The van der Waals surface area contributed by atoms with Crippen molar-refractivity contribution >= 4 is 45.5 Å². The summed E-state index contributed by atoms with van der Waals surface area (Å²) in [4.78, 5) is 4.71. The van der Waals surface area contributed by atoms with E-state index in [-0.39, 0.29) is 11.3 Å². The van der Waals surface area contributed by atoms with Gasteiger partial charge >= 0.3 is 0 Å². The predicted molar refractivity (Wildman–Crippen MR) is 123 cm³/mol. The molecule has 5 rings (SSSR count). The van der Waals surface area contributed by atoms with E-state index < -0.39 is 0 Å². The fraction of sp³-hybridized carbons (Fsp3) is 0.130. The third-order valence-corrected chi connectivity index (χ3v) is 6.10. The van der Waals surface area contributed by atoms with Crippen molar-refractivity contribution in [2.75, 3.05) is 0 Å². The summed E-state index contributed by atoms with van der Waals surface area (Å²) >= 11 is 1.58. The first-order chi connectivity index (χ1) is 14.6. The number of para-hydroxylation sites is 1. The molecule has 1 aliphatic heterocycles. The van der Waals surface area contributed by atoms with Crippen molar-refractivity contribution in [3.05, 3.63) is 82.8 Å². The topological polar surface area (TPSA) is 54.2 Å². The van der Waals surface area contributed by atoms with Gasteiger partial charge in [0.05, 0.1) is 28.8 Å². The molecule has 1 aliphatic rings. The zero-order valence-corrected chi connectivity index (χ0v) is 17.4. The van der Waals surface area contributed by atoms with Crippen LogP contribution in [0.3, 0.4) is 0 Å². The van der Waals surface area contributed by atoms with Gasteiger partial charge in [-0.15, -0.1) is 0 Å². The first kappa shape index (κ1) is 18.7. The maximum absolute atomic E-state index is 13.1. The number of thioether (sulfide) groups is 1. The summed E-state index contributed by atoms with van der Waals surface area (Å²) in [6.07, 6.45) is 1.74. The lowest BCUT2D eigenvalue weighted by Gasteiger charge is -2.12. The molecule has 2 aromatic heterocycles. The largest absolute Gasteiger partial charge is 0.355 e. The zero-order valence-electron chi connectivity index (χ0n) is 16.6. The maximum Gasteiger partial charge on any atom is 0.165 e. The molecule has 1 atom stereocenters. The molecule has 0 spiro atoms. The minimum atomic E-state index is -0.241. The molecule has 2 aromatic carbocycles. The Bertz CT molecular complexity index is 1310. The lowest BCUT2D eigenvalue weighted by Crippen LogP contribution is -2.31. The molecule has 0 radical (unpaired) electrons. The minimum absolute atomic E-state index is 0.0938. The van der Waals surface area contributed by atoms with E-state index in [2.05, 4.69) is 57.8 Å². The molecule has 0 amide bonds. The Morgan fingerprint density at radius 1 is 1.17 bits per heavy atom. The number of nitrogens with one attached hydrogen (secondary N) is 2. The number of hydrogen-bond donors (Lipinski definition) is 2. The quantitative estimate of drug-likeness (QED) is 0.373. The van der Waals surface area contributed by atoms with E-state index in [4.69, 9.17) is 4.98 Å². The molecule has 0 bridgehead atoms. The van der Waals surface area contributed by atoms with Crippen LogP contribution in [0.5, 0.6) is 0 Å². The van der Waals surface area contributed by atoms with Crippen LogP contribution in [0, 0.1) is 12.7 Å². The van der Waals surface area contributed by atoms with Crippen LogP contribution < -0.4 is 10.7 Å². The van der Waals surface area contributed by atoms with Gasteiger partial charge in [-0.2, -0.15) is 5.10 Å². The van der Waals surface area contributed by atoms with Crippen LogP contribution in [0.25, 0.3) is 27.5 Å². The lowest BCUT2D eigenvalue weighted by molar-refractivity contribution is 0.627. The summed E-state index contributed by atoms with van der Waals surface area (Å²) in [5.74, 6) is -0.241. The van der Waals surface area contributed by atoms with Gasteiger partial charge < -0.3 is 9.88 Å². The van der Waals surface area contributed by atoms with Crippen LogP contribution in [0.1, 0.15) is 17.0 Å². The van der Waals surface area contributed by atoms with Crippen LogP contribution in [0.2, 0.25) is 0 Å². The van der Waals surface area contributed by atoms with Crippen molar-refractivity contribution in [1.29, 1.82) is 0 Å². The number of nitrogens with zero attached hydrogens (tertiary/aromatic N) is 3. The van der Waals surface area contributed by atoms with E-state index in [1.54, 1.807) is 30.1 Å². The molecule has 7 heteroatoms. The summed E-state index contributed by atoms with van der Waals surface area (Å²) < 4.78 is 15.3. The maximum atomic E-state index is 13.1. The fourth-order valence-corrected chi connectivity index (χ4v) is 4.65. The second-order valence-electron chi connectivity index (χ2n) is 7.19. The van der Waals surface area contributed by atoms with Crippen LogP contribution in [0.15, 0.2) is 65.1 Å². The highest BCUT2D eigenvalue weighted by Crippen LogP contribution is 2.30. The number of hydrogen-bond acceptors (Lipinski definition) is 5. The van der Waals surface area contributed by atoms with Crippen molar-refractivity contribution in [2.45, 2.75) is 12.4 Å². The second-order valence-corrected chi connectivity index (χ2v) is 8.17. The fourth-order valence-electron chi connectivity index (χ4n) is 3.86. The molecule has 0 aliphatic carbocycles. The highest BCUT2D eigenvalue weighted by atomic mass is 32.2. The standard InChI is InChI=1S/C23H20FN5S/c1-14-22-19(18-5-3-4-6-21(18)29(22)2)11-17(26-14)12-25-28-23-27-20(13-30-23)15-7-9-16(24)10-8-15/h3-13,23,27-28H,1-2H3. The van der Waals surface area contributed by atoms with Gasteiger partial charge in [0.2, 0.25) is 0 Å². The number of rotatable bonds is 4. The van der Waals surface area contributed by atoms with E-state index in [9.17, 15) is 4.39 Å². The first-order valence-corrected chi connectivity index (χ1v) is 10.6. The SMILES string of the molecule is Cc1nc(C=NNC2NC(c3ccc(F)cc3)=CS2)cc2c3ccccc3n(C)c12. The molecule has 0 saturated heterocycles. The Labute approximate surface area is 177 Å². The molecule has 0 fully saturated rings. The van der Waals surface area contributed by atoms with Crippen molar-refractivity contribution in [2.24, 2.45) is 12.1 Å². The van der Waals surface area contributed by atoms with E-state index >= 15 is 0 Å². The second kappa shape index (κ2) is 7.50. The molecule has 0 saturated carbocycles. The summed E-state index contributed by atoms with van der Waals surface area (Å²) in [6, 6.07) is 16.9. The van der Waals surface area contributed by atoms with Gasteiger partial charge in [-0.05, 0) is 54.3 Å². The minimum Gasteiger partial charge on any atom is -0.355 e. The monoisotopic (exact) mass is 417 g/mol. The third-order valence-electron chi connectivity index (χ3n) is 5.23. The summed E-state index contributed by atoms with van der Waals surface area (Å²) in [7, 11) is 2.07. The Balaban J connectivity index is 1.33. The molecule has 2 N–H and O–H groups in total. The molecule has 5 nitrogen and oxygen atoms in total. The summed E-state index contributed by atoms with van der Waals surface area (Å²) in [5.41, 5.74) is 9.00. The smallest absolute Gasteiger partial charge is 0.165 e. The van der Waals surface area contributed by atoms with E-state index in [1.165, 1.54) is 28.4 Å². The lowest BCUT2D eigenvalue weighted by atomic mass is 10.1. The zero-order chi connectivity index (χ0) is 20.7. The number of aryl methyl sites for hydroxylation is 2. The Kier molecular flexibility index (Phi) is 4.67. The van der Waals surface area contributed by atoms with Gasteiger partial charge in [0.25, 0.3) is 0 Å². The molecule has 3 heterocycles. The van der Waals surface area contributed by atoms with Gasteiger partial charge in [0.1, 0.15) is 5.82 Å². The third kappa shape index (κ3) is 3.31. The Morgan fingerprint density at radius 2 is 1.97 bits per heavy atom. The van der Waals surface area contributed by atoms with E-state index in [1.807, 2.05) is 12.3 Å². The van der Waals surface area contributed by atoms with E-state index in [0.717, 1.165) is 28.2 Å². The Hall–Kier alpha value is -3.32. The summed E-state index contributed by atoms with van der Waals surface area (Å²) in [5, 5.41) is 12.1. The molecule has 30 heavy (non-hydrogen) atoms. The number of aromatic nitrogens is 2. The average Bonchev–Trinajstić information content (AvgIpc) is 3.33. The highest BCUT2D eigenvalue weighted by Gasteiger charge is 2.17. The molecule has 150 valence electrons. The number of halogens is 1. The van der Waals surface area contributed by atoms with Gasteiger partial charge in [-0.3, -0.25) is 5.43 Å². The highest BCUT2D eigenvalue weighted by molar-refractivity contribution is 8.03. The van der Waals surface area contributed by atoms with Crippen LogP contribution in [0.4, 0.5) is 4.39 Å². The van der Waals surface area contributed by atoms with E-state index in [0.29, 0.717) is 0 Å². The average molecular weight is 418 g/mol. The normalized spacial score (nSPS) is 16.4. The van der Waals surface area contributed by atoms with Crippen molar-refractivity contribution in [3.63, 3.8) is 0 Å². The number of fused-ring (bicyclic) bond motifs is 3. The summed E-state index contributed by atoms with van der Waals surface area (Å²) in [6.45, 7) is 2.03. The molecule has 1 unspecified atom stereocenters. The van der Waals surface area contributed by atoms with Gasteiger partial charge in [-0.25, -0.2) is 9.37 Å². The van der Waals surface area contributed by atoms with Crippen LogP contribution in [-0.4, -0.2) is 21.3 Å².